The lowest BCUT2D eigenvalue weighted by molar-refractivity contribution is 0.102. The zero-order valence-corrected chi connectivity index (χ0v) is 15.3. The molecule has 2 aromatic rings. The fourth-order valence-corrected chi connectivity index (χ4v) is 2.49. The van der Waals surface area contributed by atoms with E-state index >= 15 is 0 Å². The van der Waals surface area contributed by atoms with Gasteiger partial charge in [-0.1, -0.05) is 34.8 Å². The summed E-state index contributed by atoms with van der Waals surface area (Å²) in [6.45, 7) is 4.66. The fourth-order valence-electron chi connectivity index (χ4n) is 1.93. The van der Waals surface area contributed by atoms with Crippen LogP contribution in [-0.4, -0.2) is 24.1 Å². The van der Waals surface area contributed by atoms with Gasteiger partial charge >= 0.3 is 0 Å². The van der Waals surface area contributed by atoms with Crippen molar-refractivity contribution in [1.29, 1.82) is 0 Å². The minimum atomic E-state index is -0.534. The van der Waals surface area contributed by atoms with Crippen LogP contribution in [0.5, 0.6) is 11.5 Å². The number of nitrogens with one attached hydrogen (secondary N) is 1. The molecule has 5 nitrogen and oxygen atoms in total. The molecule has 0 aliphatic rings. The first-order valence-corrected chi connectivity index (χ1v) is 8.31. The van der Waals surface area contributed by atoms with E-state index in [1.807, 2.05) is 13.8 Å². The molecule has 1 aromatic carbocycles. The number of anilines is 1. The molecule has 0 fully saturated rings. The Hall–Kier alpha value is -1.69. The van der Waals surface area contributed by atoms with Crippen LogP contribution in [0.25, 0.3) is 0 Å². The van der Waals surface area contributed by atoms with Gasteiger partial charge in [0.2, 0.25) is 0 Å². The summed E-state index contributed by atoms with van der Waals surface area (Å²) in [5.41, 5.74) is 0.409. The number of carbonyl (C=O) groups excluding carboxylic acids is 1. The van der Waals surface area contributed by atoms with E-state index in [0.29, 0.717) is 30.4 Å². The first-order chi connectivity index (χ1) is 11.5. The second-order valence-corrected chi connectivity index (χ2v) is 5.72. The molecule has 1 aromatic heterocycles. The molecule has 2 rings (SSSR count). The van der Waals surface area contributed by atoms with E-state index in [2.05, 4.69) is 10.3 Å². The van der Waals surface area contributed by atoms with Gasteiger partial charge < -0.3 is 14.8 Å². The SMILES string of the molecule is CCOc1ccc(OCC)c(NC(=O)c2ncc(Cl)c(Cl)c2Cl)c1. The van der Waals surface area contributed by atoms with Crippen molar-refractivity contribution in [2.75, 3.05) is 18.5 Å². The van der Waals surface area contributed by atoms with Gasteiger partial charge in [0, 0.05) is 12.3 Å². The molecule has 0 radical (unpaired) electrons. The van der Waals surface area contributed by atoms with Gasteiger partial charge in [-0.3, -0.25) is 4.79 Å². The zero-order valence-electron chi connectivity index (χ0n) is 13.0. The van der Waals surface area contributed by atoms with E-state index in [1.54, 1.807) is 18.2 Å². The maximum Gasteiger partial charge on any atom is 0.275 e. The van der Waals surface area contributed by atoms with Crippen LogP contribution in [0.4, 0.5) is 5.69 Å². The van der Waals surface area contributed by atoms with Crippen molar-refractivity contribution in [2.24, 2.45) is 0 Å². The van der Waals surface area contributed by atoms with Gasteiger partial charge in [0.05, 0.1) is 34.0 Å². The summed E-state index contributed by atoms with van der Waals surface area (Å²) < 4.78 is 10.9. The quantitative estimate of drug-likeness (QED) is 0.747. The number of hydrogen-bond acceptors (Lipinski definition) is 4. The number of ether oxygens (including phenoxy) is 2. The van der Waals surface area contributed by atoms with Crippen molar-refractivity contribution < 1.29 is 14.3 Å². The Bertz CT molecular complexity index is 754. The Kier molecular flexibility index (Phi) is 6.54. The first-order valence-electron chi connectivity index (χ1n) is 7.18. The van der Waals surface area contributed by atoms with Crippen LogP contribution >= 0.6 is 34.8 Å². The molecular formula is C16H15Cl3N2O3. The number of aromatic nitrogens is 1. The fraction of sp³-hybridized carbons (Fsp3) is 0.250. The number of rotatable bonds is 6. The number of benzene rings is 1. The van der Waals surface area contributed by atoms with Crippen LogP contribution in [0, 0.1) is 0 Å². The average molecular weight is 390 g/mol. The molecule has 0 unspecified atom stereocenters. The number of amides is 1. The number of halogens is 3. The van der Waals surface area contributed by atoms with Crippen molar-refractivity contribution in [2.45, 2.75) is 13.8 Å². The van der Waals surface area contributed by atoms with Gasteiger partial charge in [-0.2, -0.15) is 0 Å². The molecule has 0 saturated carbocycles. The van der Waals surface area contributed by atoms with Gasteiger partial charge in [0.1, 0.15) is 17.2 Å². The van der Waals surface area contributed by atoms with Crippen LogP contribution in [-0.2, 0) is 0 Å². The smallest absolute Gasteiger partial charge is 0.275 e. The zero-order chi connectivity index (χ0) is 17.7. The number of carbonyl (C=O) groups is 1. The molecule has 0 aliphatic heterocycles. The van der Waals surface area contributed by atoms with Crippen molar-refractivity contribution in [1.82, 2.24) is 4.98 Å². The lowest BCUT2D eigenvalue weighted by Gasteiger charge is -2.14. The normalized spacial score (nSPS) is 10.4. The lowest BCUT2D eigenvalue weighted by atomic mass is 10.2. The monoisotopic (exact) mass is 388 g/mol. The number of pyridine rings is 1. The average Bonchev–Trinajstić information content (AvgIpc) is 2.55. The summed E-state index contributed by atoms with van der Waals surface area (Å²) in [7, 11) is 0. The minimum absolute atomic E-state index is 0.0133. The topological polar surface area (TPSA) is 60.5 Å². The highest BCUT2D eigenvalue weighted by atomic mass is 35.5. The van der Waals surface area contributed by atoms with Crippen LogP contribution in [0.2, 0.25) is 15.1 Å². The van der Waals surface area contributed by atoms with E-state index < -0.39 is 5.91 Å². The molecule has 1 heterocycles. The molecular weight excluding hydrogens is 375 g/mol. The summed E-state index contributed by atoms with van der Waals surface area (Å²) in [4.78, 5) is 16.4. The highest BCUT2D eigenvalue weighted by Gasteiger charge is 2.19. The Balaban J connectivity index is 2.33. The first kappa shape index (κ1) is 18.6. The summed E-state index contributed by atoms with van der Waals surface area (Å²) >= 11 is 17.8. The second kappa shape index (κ2) is 8.42. The summed E-state index contributed by atoms with van der Waals surface area (Å²) in [6, 6.07) is 5.14. The molecule has 0 aliphatic carbocycles. The second-order valence-electron chi connectivity index (χ2n) is 4.56. The van der Waals surface area contributed by atoms with Gasteiger partial charge in [-0.15, -0.1) is 0 Å². The molecule has 0 spiro atoms. The maximum atomic E-state index is 12.5. The van der Waals surface area contributed by atoms with E-state index in [9.17, 15) is 4.79 Å². The number of hydrogen-bond donors (Lipinski definition) is 1. The summed E-state index contributed by atoms with van der Waals surface area (Å²) in [6.07, 6.45) is 1.27. The predicted molar refractivity (Wildman–Crippen MR) is 96.0 cm³/mol. The number of nitrogens with zero attached hydrogens (tertiary/aromatic N) is 1. The van der Waals surface area contributed by atoms with Crippen molar-refractivity contribution in [3.63, 3.8) is 0 Å². The van der Waals surface area contributed by atoms with Gasteiger partial charge in [0.25, 0.3) is 5.91 Å². The van der Waals surface area contributed by atoms with E-state index in [-0.39, 0.29) is 20.8 Å². The van der Waals surface area contributed by atoms with Gasteiger partial charge in [-0.05, 0) is 26.0 Å². The van der Waals surface area contributed by atoms with Crippen LogP contribution in [0.1, 0.15) is 24.3 Å². The van der Waals surface area contributed by atoms with E-state index in [4.69, 9.17) is 44.3 Å². The van der Waals surface area contributed by atoms with Crippen LogP contribution < -0.4 is 14.8 Å². The summed E-state index contributed by atoms with van der Waals surface area (Å²) in [5.74, 6) is 0.572. The predicted octanol–water partition coefficient (Wildman–Crippen LogP) is 5.09. The Labute approximate surface area is 154 Å². The molecule has 24 heavy (non-hydrogen) atoms. The van der Waals surface area contributed by atoms with Gasteiger partial charge in [-0.25, -0.2) is 4.98 Å². The molecule has 0 saturated heterocycles. The third-order valence-corrected chi connectivity index (χ3v) is 4.18. The van der Waals surface area contributed by atoms with Gasteiger partial charge in [0.15, 0.2) is 0 Å². The Morgan fingerprint density at radius 1 is 1.12 bits per heavy atom. The highest BCUT2D eigenvalue weighted by Crippen LogP contribution is 2.33. The molecule has 0 bridgehead atoms. The van der Waals surface area contributed by atoms with E-state index in [1.165, 1.54) is 6.20 Å². The molecule has 8 heteroatoms. The molecule has 1 amide bonds. The third-order valence-electron chi connectivity index (χ3n) is 2.94. The maximum absolute atomic E-state index is 12.5. The highest BCUT2D eigenvalue weighted by molar-refractivity contribution is 6.49. The lowest BCUT2D eigenvalue weighted by Crippen LogP contribution is -2.15. The summed E-state index contributed by atoms with van der Waals surface area (Å²) in [5, 5.41) is 2.94. The Morgan fingerprint density at radius 2 is 1.83 bits per heavy atom. The largest absolute Gasteiger partial charge is 0.494 e. The van der Waals surface area contributed by atoms with Crippen molar-refractivity contribution in [3.05, 3.63) is 45.2 Å². The Morgan fingerprint density at radius 3 is 2.50 bits per heavy atom. The van der Waals surface area contributed by atoms with Crippen LogP contribution in [0.15, 0.2) is 24.4 Å². The van der Waals surface area contributed by atoms with E-state index in [0.717, 1.165) is 0 Å². The third kappa shape index (κ3) is 4.23. The molecule has 128 valence electrons. The van der Waals surface area contributed by atoms with Crippen molar-refractivity contribution in [3.8, 4) is 11.5 Å². The van der Waals surface area contributed by atoms with Crippen molar-refractivity contribution >= 4 is 46.4 Å². The molecule has 1 N–H and O–H groups in total. The molecule has 0 atom stereocenters. The standard InChI is InChI=1S/C16H15Cl3N2O3/c1-3-23-9-5-6-12(24-4-2)11(7-9)21-16(22)15-14(19)13(18)10(17)8-20-15/h5-8H,3-4H2,1-2H3,(H,21,22). The van der Waals surface area contributed by atoms with Crippen LogP contribution in [0.3, 0.4) is 0 Å². The minimum Gasteiger partial charge on any atom is -0.494 e.